The van der Waals surface area contributed by atoms with Gasteiger partial charge in [0.15, 0.2) is 12.6 Å². The maximum absolute atomic E-state index is 14.1. The Labute approximate surface area is 188 Å². The number of fused-ring (bicyclic) bond motifs is 2. The number of anilines is 1. The van der Waals surface area contributed by atoms with E-state index in [2.05, 4.69) is 5.32 Å². The zero-order valence-electron chi connectivity index (χ0n) is 16.7. The maximum Gasteiger partial charge on any atom is 0.189 e. The van der Waals surface area contributed by atoms with Crippen LogP contribution in [-0.2, 0) is 17.1 Å². The molecule has 9 heteroatoms. The zero-order chi connectivity index (χ0) is 21.5. The molecule has 1 aromatic heterocycles. The average Bonchev–Trinajstić information content (AvgIpc) is 2.66. The number of benzene rings is 2. The van der Waals surface area contributed by atoms with E-state index in [0.717, 1.165) is 5.56 Å². The number of hydrogen-bond donors (Lipinski definition) is 1. The number of rotatable bonds is 4. The molecule has 158 valence electrons. The van der Waals surface area contributed by atoms with E-state index in [1.165, 1.54) is 23.9 Å². The van der Waals surface area contributed by atoms with Gasteiger partial charge in [-0.1, -0.05) is 35.0 Å². The molecule has 5 nitrogen and oxygen atoms in total. The summed E-state index contributed by atoms with van der Waals surface area (Å²) in [6.45, 7) is 6.61. The lowest BCUT2D eigenvalue weighted by atomic mass is 10.1. The molecule has 0 atom stereocenters. The van der Waals surface area contributed by atoms with Gasteiger partial charge in [-0.25, -0.2) is 14.4 Å². The van der Waals surface area contributed by atoms with E-state index >= 15 is 0 Å². The van der Waals surface area contributed by atoms with Crippen molar-refractivity contribution in [3.05, 3.63) is 51.3 Å². The first-order chi connectivity index (χ1) is 14.2. The minimum absolute atomic E-state index is 0.155. The summed E-state index contributed by atoms with van der Waals surface area (Å²) in [5, 5.41) is 4.91. The fourth-order valence-corrected chi connectivity index (χ4v) is 4.30. The lowest BCUT2D eigenvalue weighted by Crippen LogP contribution is -2.27. The van der Waals surface area contributed by atoms with E-state index in [4.69, 9.17) is 42.6 Å². The summed E-state index contributed by atoms with van der Waals surface area (Å²) in [6, 6.07) is 6.32. The van der Waals surface area contributed by atoms with Crippen molar-refractivity contribution < 1.29 is 13.9 Å². The highest BCUT2D eigenvalue weighted by atomic mass is 35.5. The topological polar surface area (TPSA) is 56.3 Å². The summed E-state index contributed by atoms with van der Waals surface area (Å²) in [4.78, 5) is 9.46. The summed E-state index contributed by atoms with van der Waals surface area (Å²) < 4.78 is 25.0. The third-order valence-corrected chi connectivity index (χ3v) is 6.02. The number of thioether (sulfide) groups is 1. The van der Waals surface area contributed by atoms with Crippen molar-refractivity contribution in [2.75, 3.05) is 12.1 Å². The summed E-state index contributed by atoms with van der Waals surface area (Å²) in [5.74, 6) is 1.44. The van der Waals surface area contributed by atoms with Crippen molar-refractivity contribution in [1.29, 1.82) is 0 Å². The second kappa shape index (κ2) is 8.38. The number of aromatic nitrogens is 2. The van der Waals surface area contributed by atoms with E-state index < -0.39 is 0 Å². The van der Waals surface area contributed by atoms with Gasteiger partial charge in [0.25, 0.3) is 0 Å². The average molecular weight is 468 g/mol. The predicted octanol–water partition coefficient (Wildman–Crippen LogP) is 6.44. The quantitative estimate of drug-likeness (QED) is 0.445. The molecule has 0 fully saturated rings. The molecule has 4 rings (SSSR count). The number of nitrogens with one attached hydrogen (secondary N) is 1. The summed E-state index contributed by atoms with van der Waals surface area (Å²) in [7, 11) is 0. The van der Waals surface area contributed by atoms with Gasteiger partial charge in [0.2, 0.25) is 0 Å². The molecule has 1 aliphatic heterocycles. The molecular weight excluding hydrogens is 448 g/mol. The number of nitrogens with zero attached hydrogens (tertiary/aromatic N) is 2. The van der Waals surface area contributed by atoms with Gasteiger partial charge < -0.3 is 14.8 Å². The first-order valence-electron chi connectivity index (χ1n) is 9.29. The molecule has 0 radical (unpaired) electrons. The molecule has 0 unspecified atom stereocenters. The van der Waals surface area contributed by atoms with E-state index in [1.807, 2.05) is 20.8 Å². The van der Waals surface area contributed by atoms with Crippen LogP contribution < -0.4 is 10.1 Å². The second-order valence-corrected chi connectivity index (χ2v) is 9.74. The van der Waals surface area contributed by atoms with Crippen LogP contribution >= 0.6 is 35.0 Å². The van der Waals surface area contributed by atoms with Crippen molar-refractivity contribution in [3.63, 3.8) is 0 Å². The normalized spacial score (nSPS) is 13.8. The minimum Gasteiger partial charge on any atom is -0.467 e. The highest BCUT2D eigenvalue weighted by Gasteiger charge is 2.20. The highest BCUT2D eigenvalue weighted by Crippen LogP contribution is 2.37. The lowest BCUT2D eigenvalue weighted by Gasteiger charge is -2.23. The van der Waals surface area contributed by atoms with Crippen LogP contribution in [0.3, 0.4) is 0 Å². The first-order valence-corrected chi connectivity index (χ1v) is 11.0. The Balaban J connectivity index is 1.71. The summed E-state index contributed by atoms with van der Waals surface area (Å²) in [5.41, 5.74) is 2.50. The van der Waals surface area contributed by atoms with Gasteiger partial charge in [-0.3, -0.25) is 0 Å². The van der Waals surface area contributed by atoms with E-state index in [-0.39, 0.29) is 18.1 Å². The van der Waals surface area contributed by atoms with Gasteiger partial charge in [-0.05, 0) is 45.0 Å². The molecule has 0 saturated carbocycles. The molecule has 0 bridgehead atoms. The van der Waals surface area contributed by atoms with E-state index in [1.54, 1.807) is 12.1 Å². The van der Waals surface area contributed by atoms with Crippen LogP contribution in [0, 0.1) is 5.82 Å². The van der Waals surface area contributed by atoms with Crippen molar-refractivity contribution in [3.8, 4) is 5.75 Å². The minimum atomic E-state index is -0.322. The van der Waals surface area contributed by atoms with Gasteiger partial charge in [0, 0.05) is 22.4 Å². The Morgan fingerprint density at radius 2 is 1.80 bits per heavy atom. The van der Waals surface area contributed by atoms with Crippen molar-refractivity contribution >= 4 is 51.8 Å². The third-order valence-electron chi connectivity index (χ3n) is 4.28. The molecular formula is C21H20Cl2FN3O2S. The van der Waals surface area contributed by atoms with Crippen molar-refractivity contribution in [2.45, 2.75) is 43.7 Å². The van der Waals surface area contributed by atoms with Crippen LogP contribution in [-0.4, -0.2) is 22.3 Å². The summed E-state index contributed by atoms with van der Waals surface area (Å²) >= 11 is 13.8. The molecule has 1 N–H and O–H groups in total. The van der Waals surface area contributed by atoms with Crippen LogP contribution in [0.1, 0.15) is 31.9 Å². The molecule has 2 heterocycles. The van der Waals surface area contributed by atoms with Crippen LogP contribution in [0.15, 0.2) is 29.3 Å². The Morgan fingerprint density at radius 3 is 2.50 bits per heavy atom. The first kappa shape index (κ1) is 21.4. The van der Waals surface area contributed by atoms with Gasteiger partial charge in [-0.2, -0.15) is 0 Å². The summed E-state index contributed by atoms with van der Waals surface area (Å²) in [6.07, 6.45) is 0. The monoisotopic (exact) mass is 467 g/mol. The fourth-order valence-electron chi connectivity index (χ4n) is 3.08. The molecule has 0 amide bonds. The molecule has 2 aromatic carbocycles. The van der Waals surface area contributed by atoms with Gasteiger partial charge in [-0.15, -0.1) is 0 Å². The molecule has 0 aliphatic carbocycles. The maximum atomic E-state index is 14.1. The molecule has 3 aromatic rings. The molecule has 0 spiro atoms. The van der Waals surface area contributed by atoms with Gasteiger partial charge in [0.1, 0.15) is 16.6 Å². The Kier molecular flexibility index (Phi) is 5.99. The second-order valence-electron chi connectivity index (χ2n) is 7.96. The van der Waals surface area contributed by atoms with Crippen molar-refractivity contribution in [1.82, 2.24) is 9.97 Å². The lowest BCUT2D eigenvalue weighted by molar-refractivity contribution is -0.0171. The number of halogens is 3. The highest BCUT2D eigenvalue weighted by molar-refractivity contribution is 7.98. The molecule has 1 aliphatic rings. The third kappa shape index (κ3) is 4.75. The fraction of sp³-hybridized carbons (Fsp3) is 0.333. The number of hydrogen-bond acceptors (Lipinski definition) is 6. The largest absolute Gasteiger partial charge is 0.467 e. The van der Waals surface area contributed by atoms with Gasteiger partial charge in [0.05, 0.1) is 27.7 Å². The smallest absolute Gasteiger partial charge is 0.189 e. The number of ether oxygens (including phenoxy) is 2. The van der Waals surface area contributed by atoms with Crippen molar-refractivity contribution in [2.24, 2.45) is 0 Å². The SMILES string of the molecule is CC(C)(C)Nc1nc2cc(Cl)c(Cl)cc2nc1SCc1cc(F)cc2c1OCOC2. The zero-order valence-corrected chi connectivity index (χ0v) is 19.0. The van der Waals surface area contributed by atoms with Crippen LogP contribution in [0.4, 0.5) is 10.2 Å². The Morgan fingerprint density at radius 1 is 1.10 bits per heavy atom. The molecule has 30 heavy (non-hydrogen) atoms. The Bertz CT molecular complexity index is 1120. The predicted molar refractivity (Wildman–Crippen MR) is 119 cm³/mol. The standard InChI is InChI=1S/C21H20Cl2FN3O2S/c1-21(2,3)27-19-20(26-17-7-15(23)14(22)6-16(17)25-19)30-9-12-5-13(24)4-11-8-28-10-29-18(11)12/h4-7H,8-10H2,1-3H3,(H,25,27). The molecule has 0 saturated heterocycles. The van der Waals surface area contributed by atoms with Crippen LogP contribution in [0.25, 0.3) is 11.0 Å². The Hall–Kier alpha value is -1.80. The van der Waals surface area contributed by atoms with E-state index in [9.17, 15) is 4.39 Å². The van der Waals surface area contributed by atoms with Crippen LogP contribution in [0.5, 0.6) is 5.75 Å². The van der Waals surface area contributed by atoms with E-state index in [0.29, 0.717) is 55.6 Å². The van der Waals surface area contributed by atoms with Crippen LogP contribution in [0.2, 0.25) is 10.0 Å². The van der Waals surface area contributed by atoms with Gasteiger partial charge >= 0.3 is 0 Å².